The number of carbonyl (C=O) groups is 1. The summed E-state index contributed by atoms with van der Waals surface area (Å²) in [5, 5.41) is 28.0. The molecule has 0 rings (SSSR count). The predicted octanol–water partition coefficient (Wildman–Crippen LogP) is -3.33. The molecule has 0 spiro atoms. The second-order valence-corrected chi connectivity index (χ2v) is 3.70. The number of thiocarbonyl (C=S) groups is 1. The standard InChI is InChI=1S/C4H5O4S.Au.Ca/c5-2(4(8)9)1-3(6)7;;/h5H,1H2,(H,6,7)(H,8,9);;/q;;+2/p-2. The normalized spacial score (nSPS) is 14.5. The topological polar surface area (TPSA) is 83.4 Å². The Kier molecular flexibility index (Phi) is 7.92. The molecule has 0 aromatic carbocycles. The summed E-state index contributed by atoms with van der Waals surface area (Å²) in [5.74, 6) is -1.51. The summed E-state index contributed by atoms with van der Waals surface area (Å²) in [6.45, 7) is 0. The van der Waals surface area contributed by atoms with Gasteiger partial charge in [-0.25, -0.2) is 0 Å². The molecule has 1 atom stereocenters. The van der Waals surface area contributed by atoms with Gasteiger partial charge in [0.05, 0.1) is 0 Å². The third kappa shape index (κ3) is 6.48. The molecule has 0 bridgehead atoms. The van der Waals surface area contributed by atoms with E-state index in [4.69, 9.17) is 5.11 Å². The fourth-order valence-corrected chi connectivity index (χ4v) is 0.637. The maximum atomic E-state index is 10.3. The molecule has 11 heavy (non-hydrogen) atoms. The van der Waals surface area contributed by atoms with Crippen molar-refractivity contribution in [1.82, 2.24) is 0 Å². The molecule has 0 aliphatic rings. The Morgan fingerprint density at radius 1 is 1.64 bits per heavy atom. The minimum atomic E-state index is -2.02. The van der Waals surface area contributed by atoms with E-state index >= 15 is 0 Å². The summed E-state index contributed by atoms with van der Waals surface area (Å²) in [7, 11) is 0. The maximum absolute atomic E-state index is 10.3. The second-order valence-electron chi connectivity index (χ2n) is 1.53. The summed E-state index contributed by atoms with van der Waals surface area (Å²) >= 11 is 5.49. The Bertz CT molecular complexity index is 171. The molecule has 0 saturated heterocycles. The van der Waals surface area contributed by atoms with E-state index in [1.54, 1.807) is 0 Å². The van der Waals surface area contributed by atoms with Crippen molar-refractivity contribution in [1.29, 1.82) is 0 Å². The van der Waals surface area contributed by atoms with Gasteiger partial charge in [0.25, 0.3) is 0 Å². The van der Waals surface area contributed by atoms with E-state index in [1.165, 1.54) is 21.1 Å². The summed E-state index contributed by atoms with van der Waals surface area (Å²) in [6, 6.07) is 0. The van der Waals surface area contributed by atoms with Gasteiger partial charge in [-0.2, -0.15) is 0 Å². The van der Waals surface area contributed by atoms with Crippen molar-refractivity contribution in [2.24, 2.45) is 0 Å². The zero-order valence-electron chi connectivity index (χ0n) is 5.30. The van der Waals surface area contributed by atoms with Crippen LogP contribution in [0.4, 0.5) is 0 Å². The Labute approximate surface area is 111 Å². The minimum absolute atomic E-state index is 0. The molecule has 0 amide bonds. The molecule has 4 nitrogen and oxygen atoms in total. The molecular formula is C4H3AuCaO4S. The van der Waals surface area contributed by atoms with E-state index in [1.807, 2.05) is 0 Å². The fraction of sp³-hybridized carbons (Fsp3) is 0.500. The largest absolute Gasteiger partial charge is 2.00 e. The number of aliphatic carboxylic acids is 1. The molecule has 0 saturated carbocycles. The molecule has 7 heteroatoms. The summed E-state index contributed by atoms with van der Waals surface area (Å²) in [4.78, 5) is 9.84. The van der Waals surface area contributed by atoms with Gasteiger partial charge >= 0.3 is 112 Å². The van der Waals surface area contributed by atoms with Gasteiger partial charge < -0.3 is 0 Å². The molecule has 0 aromatic rings. The van der Waals surface area contributed by atoms with Gasteiger partial charge in [0.2, 0.25) is 0 Å². The van der Waals surface area contributed by atoms with Gasteiger partial charge in [0.1, 0.15) is 0 Å². The van der Waals surface area contributed by atoms with Crippen LogP contribution in [0, 0.1) is 0 Å². The molecule has 0 heterocycles. The van der Waals surface area contributed by atoms with Crippen LogP contribution < -0.4 is 10.2 Å². The Balaban J connectivity index is 0. The molecule has 0 aliphatic heterocycles. The first-order valence-corrected chi connectivity index (χ1v) is 3.64. The van der Waals surface area contributed by atoms with Crippen LogP contribution in [0.25, 0.3) is 0 Å². The molecule has 62 valence electrons. The Hall–Kier alpha value is 1.32. The zero-order chi connectivity index (χ0) is 8.36. The van der Waals surface area contributed by atoms with E-state index in [0.29, 0.717) is 0 Å². The molecule has 0 radical (unpaired) electrons. The fourth-order valence-electron chi connectivity index (χ4n) is 0.252. The van der Waals surface area contributed by atoms with Crippen molar-refractivity contribution >= 4 is 61.0 Å². The zero-order valence-corrected chi connectivity index (χ0v) is 10.5. The van der Waals surface area contributed by atoms with Crippen LogP contribution in [0.5, 0.6) is 0 Å². The van der Waals surface area contributed by atoms with Gasteiger partial charge in [-0.15, -0.1) is 0 Å². The SMILES string of the molecule is O=C([O-])C[C](O)([Au])C([O-])=S.[Ca+2]. The number of carboxylic acids is 1. The second kappa shape index (κ2) is 5.88. The minimum Gasteiger partial charge on any atom is 2.00 e. The maximum Gasteiger partial charge on any atom is 2.00 e. The van der Waals surface area contributed by atoms with E-state index < -0.39 is 21.3 Å². The predicted molar refractivity (Wildman–Crippen MR) is 32.9 cm³/mol. The number of hydrogen-bond donors (Lipinski definition) is 1. The van der Waals surface area contributed by atoms with Crippen LogP contribution in [0.15, 0.2) is 0 Å². The average molecular weight is 384 g/mol. The Morgan fingerprint density at radius 3 is 2.09 bits per heavy atom. The monoisotopic (exact) mass is 384 g/mol. The number of aliphatic hydroxyl groups is 1. The van der Waals surface area contributed by atoms with Crippen LogP contribution in [0.2, 0.25) is 0 Å². The van der Waals surface area contributed by atoms with Crippen LogP contribution in [-0.4, -0.2) is 57.7 Å². The van der Waals surface area contributed by atoms with Gasteiger partial charge in [0, 0.05) is 0 Å². The average Bonchev–Trinajstić information content (AvgIpc) is 1.60. The van der Waals surface area contributed by atoms with Crippen LogP contribution in [-0.2, 0) is 25.9 Å². The van der Waals surface area contributed by atoms with Gasteiger partial charge in [-0.05, 0) is 0 Å². The molecule has 0 aliphatic carbocycles. The first-order chi connectivity index (χ1) is 4.36. The van der Waals surface area contributed by atoms with Gasteiger partial charge in [0.15, 0.2) is 0 Å². The van der Waals surface area contributed by atoms with Gasteiger partial charge in [-0.1, -0.05) is 0 Å². The molecule has 0 fully saturated rings. The quantitative estimate of drug-likeness (QED) is 0.407. The van der Waals surface area contributed by atoms with Crippen LogP contribution >= 0.6 is 12.2 Å². The first-order valence-electron chi connectivity index (χ1n) is 2.15. The number of carboxylic acid groups (broad SMARTS) is 1. The van der Waals surface area contributed by atoms with E-state index in [0.717, 1.165) is 0 Å². The van der Waals surface area contributed by atoms with E-state index in [9.17, 15) is 15.0 Å². The number of carbonyl (C=O) groups excluding carboxylic acids is 1. The van der Waals surface area contributed by atoms with Crippen molar-refractivity contribution < 1.29 is 41.2 Å². The molecule has 1 unspecified atom stereocenters. The van der Waals surface area contributed by atoms with Crippen LogP contribution in [0.1, 0.15) is 6.42 Å². The van der Waals surface area contributed by atoms with Crippen LogP contribution in [0.3, 0.4) is 0 Å². The number of rotatable bonds is 3. The van der Waals surface area contributed by atoms with Crippen molar-refractivity contribution in [3.8, 4) is 0 Å². The summed E-state index contributed by atoms with van der Waals surface area (Å²) in [5.41, 5.74) is 0. The van der Waals surface area contributed by atoms with Crippen molar-refractivity contribution in [2.75, 3.05) is 0 Å². The van der Waals surface area contributed by atoms with E-state index in [2.05, 4.69) is 12.2 Å². The summed E-state index contributed by atoms with van der Waals surface area (Å²) in [6.07, 6.45) is -0.779. The summed E-state index contributed by atoms with van der Waals surface area (Å²) < 4.78 is -2.02. The van der Waals surface area contributed by atoms with E-state index in [-0.39, 0.29) is 37.7 Å². The third-order valence-corrected chi connectivity index (χ3v) is 2.23. The Morgan fingerprint density at radius 2 is 2.00 bits per heavy atom. The van der Waals surface area contributed by atoms with Gasteiger partial charge in [-0.3, -0.25) is 0 Å². The smallest absolute Gasteiger partial charge is 2.00 e. The third-order valence-electron chi connectivity index (χ3n) is 0.662. The van der Waals surface area contributed by atoms with Crippen molar-refractivity contribution in [3.05, 3.63) is 0 Å². The van der Waals surface area contributed by atoms with Crippen molar-refractivity contribution in [2.45, 2.75) is 10.2 Å². The molecule has 0 aromatic heterocycles. The number of hydrogen-bond acceptors (Lipinski definition) is 5. The molecule has 1 N–H and O–H groups in total. The molecular weight excluding hydrogens is 381 g/mol. The van der Waals surface area contributed by atoms with Crippen molar-refractivity contribution in [3.63, 3.8) is 0 Å². The first kappa shape index (κ1) is 14.8.